The molecule has 0 atom stereocenters. The Morgan fingerprint density at radius 2 is 1.81 bits per heavy atom. The monoisotopic (exact) mass is 349 g/mol. The minimum atomic E-state index is -0.554. The smallest absolute Gasteiger partial charge is 0.342 e. The minimum Gasteiger partial charge on any atom is -0.507 e. The molecule has 0 aliphatic rings. The van der Waals surface area contributed by atoms with Crippen LogP contribution in [0.1, 0.15) is 27.2 Å². The highest BCUT2D eigenvalue weighted by atomic mass is 16.5. The Bertz CT molecular complexity index is 876. The molecular formula is C21H19NO4. The van der Waals surface area contributed by atoms with Gasteiger partial charge in [0.15, 0.2) is 0 Å². The van der Waals surface area contributed by atoms with E-state index in [4.69, 9.17) is 9.47 Å². The topological polar surface area (TPSA) is 68.7 Å². The van der Waals surface area contributed by atoms with Crippen molar-refractivity contribution in [3.05, 3.63) is 89.2 Å². The number of aryl methyl sites for hydroxylation is 1. The number of hydrogen-bond donors (Lipinski definition) is 1. The van der Waals surface area contributed by atoms with E-state index in [0.29, 0.717) is 17.9 Å². The Kier molecular flexibility index (Phi) is 5.49. The largest absolute Gasteiger partial charge is 0.507 e. The number of aromatic hydroxyl groups is 1. The molecule has 0 aliphatic heterocycles. The van der Waals surface area contributed by atoms with Crippen LogP contribution in [-0.4, -0.2) is 16.1 Å². The number of benzene rings is 2. The first-order valence-corrected chi connectivity index (χ1v) is 8.21. The SMILES string of the molecule is Cc1cccc(C(=O)OCc2ccc(OCc3ccccn3)cc2)c1O. The molecular weight excluding hydrogens is 330 g/mol. The molecule has 5 heteroatoms. The predicted molar refractivity (Wildman–Crippen MR) is 97.0 cm³/mol. The number of carbonyl (C=O) groups excluding carboxylic acids is 1. The van der Waals surface area contributed by atoms with Gasteiger partial charge < -0.3 is 14.6 Å². The van der Waals surface area contributed by atoms with Crippen LogP contribution in [0, 0.1) is 6.92 Å². The summed E-state index contributed by atoms with van der Waals surface area (Å²) in [6.45, 7) is 2.24. The summed E-state index contributed by atoms with van der Waals surface area (Å²) >= 11 is 0. The number of carbonyl (C=O) groups is 1. The van der Waals surface area contributed by atoms with Crippen LogP contribution >= 0.6 is 0 Å². The maximum atomic E-state index is 12.1. The first-order chi connectivity index (χ1) is 12.6. The van der Waals surface area contributed by atoms with Crippen LogP contribution in [0.15, 0.2) is 66.9 Å². The summed E-state index contributed by atoms with van der Waals surface area (Å²) in [6.07, 6.45) is 1.72. The van der Waals surface area contributed by atoms with Crippen LogP contribution in [0.4, 0.5) is 0 Å². The maximum absolute atomic E-state index is 12.1. The van der Waals surface area contributed by atoms with E-state index in [2.05, 4.69) is 4.98 Å². The Morgan fingerprint density at radius 1 is 1.00 bits per heavy atom. The highest BCUT2D eigenvalue weighted by Crippen LogP contribution is 2.22. The summed E-state index contributed by atoms with van der Waals surface area (Å²) in [5.41, 5.74) is 2.48. The zero-order chi connectivity index (χ0) is 18.4. The van der Waals surface area contributed by atoms with Crippen molar-refractivity contribution in [2.24, 2.45) is 0 Å². The molecule has 0 bridgehead atoms. The number of phenolic OH excluding ortho intramolecular Hbond substituents is 1. The van der Waals surface area contributed by atoms with Crippen molar-refractivity contribution in [3.8, 4) is 11.5 Å². The number of phenols is 1. The number of aromatic nitrogens is 1. The van der Waals surface area contributed by atoms with Crippen molar-refractivity contribution in [2.45, 2.75) is 20.1 Å². The average molecular weight is 349 g/mol. The van der Waals surface area contributed by atoms with Crippen molar-refractivity contribution in [1.29, 1.82) is 0 Å². The van der Waals surface area contributed by atoms with Gasteiger partial charge in [0.05, 0.1) is 5.69 Å². The first kappa shape index (κ1) is 17.5. The Balaban J connectivity index is 1.54. The molecule has 0 unspecified atom stereocenters. The van der Waals surface area contributed by atoms with E-state index in [1.54, 1.807) is 31.3 Å². The summed E-state index contributed by atoms with van der Waals surface area (Å²) < 4.78 is 10.9. The highest BCUT2D eigenvalue weighted by molar-refractivity contribution is 5.92. The van der Waals surface area contributed by atoms with Crippen molar-refractivity contribution in [3.63, 3.8) is 0 Å². The standard InChI is InChI=1S/C21H19NO4/c1-15-5-4-7-19(20(15)23)21(24)26-13-16-8-10-18(11-9-16)25-14-17-6-2-3-12-22-17/h2-12,23H,13-14H2,1H3. The fraction of sp³-hybridized carbons (Fsp3) is 0.143. The molecule has 132 valence electrons. The maximum Gasteiger partial charge on any atom is 0.342 e. The summed E-state index contributed by atoms with van der Waals surface area (Å²) in [5.74, 6) is 0.111. The third kappa shape index (κ3) is 4.39. The van der Waals surface area contributed by atoms with Gasteiger partial charge in [-0.25, -0.2) is 4.79 Å². The minimum absolute atomic E-state index is 0.0456. The number of nitrogens with zero attached hydrogens (tertiary/aromatic N) is 1. The third-order valence-corrected chi connectivity index (χ3v) is 3.86. The van der Waals surface area contributed by atoms with Crippen LogP contribution in [0.5, 0.6) is 11.5 Å². The van der Waals surface area contributed by atoms with E-state index in [9.17, 15) is 9.90 Å². The van der Waals surface area contributed by atoms with Gasteiger partial charge in [-0.05, 0) is 48.4 Å². The van der Waals surface area contributed by atoms with E-state index < -0.39 is 5.97 Å². The fourth-order valence-electron chi connectivity index (χ4n) is 2.37. The van der Waals surface area contributed by atoms with Crippen LogP contribution < -0.4 is 4.74 Å². The molecule has 0 saturated carbocycles. The van der Waals surface area contributed by atoms with Crippen LogP contribution in [0.3, 0.4) is 0 Å². The lowest BCUT2D eigenvalue weighted by Gasteiger charge is -2.09. The van der Waals surface area contributed by atoms with E-state index >= 15 is 0 Å². The van der Waals surface area contributed by atoms with Crippen molar-refractivity contribution < 1.29 is 19.4 Å². The zero-order valence-electron chi connectivity index (χ0n) is 14.4. The lowest BCUT2D eigenvalue weighted by molar-refractivity contribution is 0.0469. The highest BCUT2D eigenvalue weighted by Gasteiger charge is 2.13. The molecule has 3 rings (SSSR count). The van der Waals surface area contributed by atoms with E-state index in [0.717, 1.165) is 11.3 Å². The van der Waals surface area contributed by atoms with Gasteiger partial charge in [0, 0.05) is 6.20 Å². The van der Waals surface area contributed by atoms with Crippen LogP contribution in [0.2, 0.25) is 0 Å². The number of hydrogen-bond acceptors (Lipinski definition) is 5. The molecule has 2 aromatic carbocycles. The van der Waals surface area contributed by atoms with Crippen LogP contribution in [-0.2, 0) is 18.0 Å². The second-order valence-electron chi connectivity index (χ2n) is 5.80. The zero-order valence-corrected chi connectivity index (χ0v) is 14.4. The summed E-state index contributed by atoms with van der Waals surface area (Å²) in [6, 6.07) is 17.9. The lowest BCUT2D eigenvalue weighted by atomic mass is 10.1. The molecule has 0 spiro atoms. The number of ether oxygens (including phenoxy) is 2. The number of pyridine rings is 1. The number of esters is 1. The van der Waals surface area contributed by atoms with Crippen molar-refractivity contribution >= 4 is 5.97 Å². The van der Waals surface area contributed by atoms with Gasteiger partial charge >= 0.3 is 5.97 Å². The Labute approximate surface area is 151 Å². The summed E-state index contributed by atoms with van der Waals surface area (Å²) in [4.78, 5) is 16.3. The molecule has 0 amide bonds. The molecule has 26 heavy (non-hydrogen) atoms. The summed E-state index contributed by atoms with van der Waals surface area (Å²) in [7, 11) is 0. The number of para-hydroxylation sites is 1. The molecule has 0 aliphatic carbocycles. The van der Waals surface area contributed by atoms with Gasteiger partial charge in [0.1, 0.15) is 30.3 Å². The van der Waals surface area contributed by atoms with Crippen molar-refractivity contribution in [1.82, 2.24) is 4.98 Å². The molecule has 1 aromatic heterocycles. The molecule has 3 aromatic rings. The van der Waals surface area contributed by atoms with Gasteiger partial charge in [0.2, 0.25) is 0 Å². The average Bonchev–Trinajstić information content (AvgIpc) is 2.68. The van der Waals surface area contributed by atoms with E-state index in [1.165, 1.54) is 0 Å². The van der Waals surface area contributed by atoms with Gasteiger partial charge in [0.25, 0.3) is 0 Å². The fourth-order valence-corrected chi connectivity index (χ4v) is 2.37. The lowest BCUT2D eigenvalue weighted by Crippen LogP contribution is -2.06. The second kappa shape index (κ2) is 8.16. The molecule has 1 heterocycles. The van der Waals surface area contributed by atoms with Crippen LogP contribution in [0.25, 0.3) is 0 Å². The summed E-state index contributed by atoms with van der Waals surface area (Å²) in [5, 5.41) is 9.93. The van der Waals surface area contributed by atoms with E-state index in [1.807, 2.05) is 42.5 Å². The van der Waals surface area contributed by atoms with Crippen molar-refractivity contribution in [2.75, 3.05) is 0 Å². The Hall–Kier alpha value is -3.34. The third-order valence-electron chi connectivity index (χ3n) is 3.86. The van der Waals surface area contributed by atoms with E-state index in [-0.39, 0.29) is 17.9 Å². The van der Waals surface area contributed by atoms with Gasteiger partial charge in [-0.2, -0.15) is 0 Å². The molecule has 5 nitrogen and oxygen atoms in total. The molecule has 0 saturated heterocycles. The Morgan fingerprint density at radius 3 is 2.54 bits per heavy atom. The molecule has 1 N–H and O–H groups in total. The normalized spacial score (nSPS) is 10.3. The predicted octanol–water partition coefficient (Wildman–Crippen LogP) is 4.03. The quantitative estimate of drug-likeness (QED) is 0.681. The molecule has 0 radical (unpaired) electrons. The number of rotatable bonds is 6. The van der Waals surface area contributed by atoms with Gasteiger partial charge in [-0.1, -0.05) is 30.3 Å². The molecule has 0 fully saturated rings. The second-order valence-corrected chi connectivity index (χ2v) is 5.80. The first-order valence-electron chi connectivity index (χ1n) is 8.21. The van der Waals surface area contributed by atoms with Gasteiger partial charge in [-0.15, -0.1) is 0 Å². The van der Waals surface area contributed by atoms with Gasteiger partial charge in [-0.3, -0.25) is 4.98 Å².